The molecule has 3 aromatic rings. The third-order valence-electron chi connectivity index (χ3n) is 5.97. The van der Waals surface area contributed by atoms with Crippen molar-refractivity contribution in [2.45, 2.75) is 58.5 Å². The van der Waals surface area contributed by atoms with Gasteiger partial charge in [0.05, 0.1) is 17.1 Å². The molecule has 0 bridgehead atoms. The fourth-order valence-corrected chi connectivity index (χ4v) is 4.79. The summed E-state index contributed by atoms with van der Waals surface area (Å²) in [7, 11) is 0. The number of amides is 1. The van der Waals surface area contributed by atoms with Gasteiger partial charge in [-0.3, -0.25) is 4.79 Å². The van der Waals surface area contributed by atoms with Gasteiger partial charge in [-0.05, 0) is 55.5 Å². The molecule has 1 fully saturated rings. The van der Waals surface area contributed by atoms with E-state index in [2.05, 4.69) is 23.4 Å². The van der Waals surface area contributed by atoms with Gasteiger partial charge in [-0.2, -0.15) is 0 Å². The molecule has 1 saturated carbocycles. The van der Waals surface area contributed by atoms with Crippen LogP contribution in [0.1, 0.15) is 68.2 Å². The molecule has 2 heterocycles. The monoisotopic (exact) mass is 458 g/mol. The molecule has 1 aliphatic rings. The first-order valence-electron chi connectivity index (χ1n) is 11.0. The maximum absolute atomic E-state index is 13.5. The summed E-state index contributed by atoms with van der Waals surface area (Å²) in [5.74, 6) is 1.27. The number of benzene rings is 1. The molecule has 5 nitrogen and oxygen atoms in total. The van der Waals surface area contributed by atoms with Crippen molar-refractivity contribution < 1.29 is 4.79 Å². The maximum Gasteiger partial charge on any atom is 0.255 e. The molecule has 4 rings (SSSR count). The predicted molar refractivity (Wildman–Crippen MR) is 126 cm³/mol. The Morgan fingerprint density at radius 2 is 2.00 bits per heavy atom. The number of aromatic nitrogens is 3. The van der Waals surface area contributed by atoms with Gasteiger partial charge < -0.3 is 9.47 Å². The second kappa shape index (κ2) is 9.58. The zero-order valence-electron chi connectivity index (χ0n) is 18.0. The van der Waals surface area contributed by atoms with Crippen molar-refractivity contribution in [1.82, 2.24) is 19.4 Å². The van der Waals surface area contributed by atoms with Crippen molar-refractivity contribution in [3.63, 3.8) is 0 Å². The fourth-order valence-electron chi connectivity index (χ4n) is 4.30. The number of fused-ring (bicyclic) bond motifs is 1. The van der Waals surface area contributed by atoms with Crippen LogP contribution in [0.3, 0.4) is 0 Å². The zero-order chi connectivity index (χ0) is 22.0. The molecular weight excluding hydrogens is 431 g/mol. The van der Waals surface area contributed by atoms with Gasteiger partial charge in [0, 0.05) is 23.8 Å². The van der Waals surface area contributed by atoms with Gasteiger partial charge in [-0.25, -0.2) is 9.97 Å². The van der Waals surface area contributed by atoms with Crippen molar-refractivity contribution in [1.29, 1.82) is 0 Å². The van der Waals surface area contributed by atoms with Crippen molar-refractivity contribution >= 4 is 40.3 Å². The highest BCUT2D eigenvalue weighted by Crippen LogP contribution is 2.33. The van der Waals surface area contributed by atoms with Crippen LogP contribution in [-0.2, 0) is 6.54 Å². The van der Waals surface area contributed by atoms with E-state index in [1.54, 1.807) is 18.2 Å². The smallest absolute Gasteiger partial charge is 0.255 e. The summed E-state index contributed by atoms with van der Waals surface area (Å²) in [5.41, 5.74) is 2.26. The number of hydrogen-bond acceptors (Lipinski definition) is 3. The Bertz CT molecular complexity index is 1070. The SMILES string of the molecule is CC(C)CCN(Cc1nc2cccnc2n1C1CCCC1)C(=O)c1ccc(Cl)cc1Cl. The summed E-state index contributed by atoms with van der Waals surface area (Å²) >= 11 is 12.4. The number of carbonyl (C=O) groups is 1. The Balaban J connectivity index is 1.70. The van der Waals surface area contributed by atoms with Crippen LogP contribution in [0.25, 0.3) is 11.2 Å². The molecule has 164 valence electrons. The van der Waals surface area contributed by atoms with E-state index in [4.69, 9.17) is 28.2 Å². The molecule has 1 amide bonds. The van der Waals surface area contributed by atoms with E-state index in [0.29, 0.717) is 40.7 Å². The first kappa shape index (κ1) is 22.1. The van der Waals surface area contributed by atoms with E-state index >= 15 is 0 Å². The summed E-state index contributed by atoms with van der Waals surface area (Å²) in [6, 6.07) is 9.32. The fraction of sp³-hybridized carbons (Fsp3) is 0.458. The molecule has 0 spiro atoms. The topological polar surface area (TPSA) is 51.0 Å². The lowest BCUT2D eigenvalue weighted by Crippen LogP contribution is -2.33. The Kier molecular flexibility index (Phi) is 6.83. The van der Waals surface area contributed by atoms with Gasteiger partial charge >= 0.3 is 0 Å². The molecule has 7 heteroatoms. The lowest BCUT2D eigenvalue weighted by Gasteiger charge is -2.25. The lowest BCUT2D eigenvalue weighted by atomic mass is 10.1. The van der Waals surface area contributed by atoms with Crippen LogP contribution in [-0.4, -0.2) is 31.9 Å². The highest BCUT2D eigenvalue weighted by molar-refractivity contribution is 6.36. The van der Waals surface area contributed by atoms with E-state index in [-0.39, 0.29) is 5.91 Å². The van der Waals surface area contributed by atoms with E-state index in [0.717, 1.165) is 36.3 Å². The standard InChI is InChI=1S/C24H28Cl2N4O/c1-16(2)11-13-29(24(31)19-10-9-17(25)14-20(19)26)15-22-28-21-8-5-12-27-23(21)30(22)18-6-3-4-7-18/h5,8-10,12,14,16,18H,3-4,6-7,11,13,15H2,1-2H3. The Labute approximate surface area is 193 Å². The van der Waals surface area contributed by atoms with Crippen LogP contribution in [0.15, 0.2) is 36.5 Å². The molecule has 2 aromatic heterocycles. The van der Waals surface area contributed by atoms with Gasteiger partial charge in [0.15, 0.2) is 5.65 Å². The predicted octanol–water partition coefficient (Wildman–Crippen LogP) is 6.54. The summed E-state index contributed by atoms with van der Waals surface area (Å²) in [4.78, 5) is 24.9. The van der Waals surface area contributed by atoms with Gasteiger partial charge in [-0.15, -0.1) is 0 Å². The van der Waals surface area contributed by atoms with Gasteiger partial charge in [-0.1, -0.05) is 49.9 Å². The number of nitrogens with zero attached hydrogens (tertiary/aromatic N) is 4. The van der Waals surface area contributed by atoms with E-state index in [1.807, 2.05) is 23.2 Å². The van der Waals surface area contributed by atoms with Crippen molar-refractivity contribution in [2.24, 2.45) is 5.92 Å². The summed E-state index contributed by atoms with van der Waals surface area (Å²) in [6.07, 6.45) is 7.39. The molecular formula is C24H28Cl2N4O. The van der Waals surface area contributed by atoms with Crippen molar-refractivity contribution in [3.05, 3.63) is 58.0 Å². The minimum atomic E-state index is -0.0969. The summed E-state index contributed by atoms with van der Waals surface area (Å²) in [5, 5.41) is 0.891. The largest absolute Gasteiger partial charge is 0.331 e. The molecule has 1 aromatic carbocycles. The van der Waals surface area contributed by atoms with Crippen LogP contribution in [0.5, 0.6) is 0 Å². The molecule has 0 atom stereocenters. The molecule has 0 saturated heterocycles. The quantitative estimate of drug-likeness (QED) is 0.403. The lowest BCUT2D eigenvalue weighted by molar-refractivity contribution is 0.0728. The first-order valence-corrected chi connectivity index (χ1v) is 11.8. The number of hydrogen-bond donors (Lipinski definition) is 0. The Morgan fingerprint density at radius 1 is 1.23 bits per heavy atom. The highest BCUT2D eigenvalue weighted by Gasteiger charge is 2.26. The summed E-state index contributed by atoms with van der Waals surface area (Å²) < 4.78 is 2.27. The molecule has 0 N–H and O–H groups in total. The first-order chi connectivity index (χ1) is 14.9. The number of rotatable bonds is 7. The highest BCUT2D eigenvalue weighted by atomic mass is 35.5. The Hall–Kier alpha value is -2.11. The number of imidazole rings is 1. The second-order valence-electron chi connectivity index (χ2n) is 8.72. The van der Waals surface area contributed by atoms with Gasteiger partial charge in [0.25, 0.3) is 5.91 Å². The van der Waals surface area contributed by atoms with Crippen LogP contribution in [0, 0.1) is 5.92 Å². The molecule has 31 heavy (non-hydrogen) atoms. The van der Waals surface area contributed by atoms with Crippen LogP contribution >= 0.6 is 23.2 Å². The third-order valence-corrected chi connectivity index (χ3v) is 6.52. The van der Waals surface area contributed by atoms with Crippen LogP contribution in [0.4, 0.5) is 0 Å². The van der Waals surface area contributed by atoms with E-state index in [1.165, 1.54) is 12.8 Å². The number of halogens is 2. The van der Waals surface area contributed by atoms with Gasteiger partial charge in [0.2, 0.25) is 0 Å². The molecule has 0 unspecified atom stereocenters. The summed E-state index contributed by atoms with van der Waals surface area (Å²) in [6.45, 7) is 5.39. The molecule has 1 aliphatic carbocycles. The van der Waals surface area contributed by atoms with Crippen molar-refractivity contribution in [2.75, 3.05) is 6.54 Å². The number of carbonyl (C=O) groups excluding carboxylic acids is 1. The average Bonchev–Trinajstić information content (AvgIpc) is 3.37. The van der Waals surface area contributed by atoms with Crippen LogP contribution < -0.4 is 0 Å². The van der Waals surface area contributed by atoms with Crippen molar-refractivity contribution in [3.8, 4) is 0 Å². The van der Waals surface area contributed by atoms with E-state index in [9.17, 15) is 4.79 Å². The van der Waals surface area contributed by atoms with Crippen LogP contribution in [0.2, 0.25) is 10.0 Å². The maximum atomic E-state index is 13.5. The van der Waals surface area contributed by atoms with Gasteiger partial charge in [0.1, 0.15) is 11.3 Å². The zero-order valence-corrected chi connectivity index (χ0v) is 19.5. The Morgan fingerprint density at radius 3 is 2.71 bits per heavy atom. The van der Waals surface area contributed by atoms with E-state index < -0.39 is 0 Å². The minimum Gasteiger partial charge on any atom is -0.331 e. The minimum absolute atomic E-state index is 0.0969. The molecule has 0 radical (unpaired) electrons. The second-order valence-corrected chi connectivity index (χ2v) is 9.56. The third kappa shape index (κ3) is 4.88. The number of pyridine rings is 1. The normalized spacial score (nSPS) is 14.6. The molecule has 0 aliphatic heterocycles. The average molecular weight is 459 g/mol.